The number of nitrogens with one attached hydrogen (secondary N) is 2. The highest BCUT2D eigenvalue weighted by Crippen LogP contribution is 1.91. The molecule has 5 nitrogen and oxygen atoms in total. The Kier molecular flexibility index (Phi) is 7.74. The van der Waals surface area contributed by atoms with Crippen molar-refractivity contribution in [1.82, 2.24) is 15.2 Å². The summed E-state index contributed by atoms with van der Waals surface area (Å²) in [4.78, 5) is 4.17. The summed E-state index contributed by atoms with van der Waals surface area (Å²) in [5.74, 6) is 1.40. The van der Waals surface area contributed by atoms with Gasteiger partial charge in [0, 0.05) is 45.7 Å². The molecule has 0 aliphatic heterocycles. The van der Waals surface area contributed by atoms with E-state index < -0.39 is 0 Å². The Morgan fingerprint density at radius 2 is 1.89 bits per heavy atom. The van der Waals surface area contributed by atoms with Crippen LogP contribution in [0, 0.1) is 5.92 Å². The zero-order valence-corrected chi connectivity index (χ0v) is 12.2. The van der Waals surface area contributed by atoms with Gasteiger partial charge in [0.05, 0.1) is 6.61 Å². The van der Waals surface area contributed by atoms with Gasteiger partial charge >= 0.3 is 0 Å². The van der Waals surface area contributed by atoms with E-state index >= 15 is 0 Å². The lowest BCUT2D eigenvalue weighted by molar-refractivity contribution is 0.114. The molecule has 0 bridgehead atoms. The second kappa shape index (κ2) is 9.44. The quantitative estimate of drug-likeness (QED) is 0.424. The number of nitrogens with zero attached hydrogens (tertiary/aromatic N) is 2. The van der Waals surface area contributed by atoms with Crippen molar-refractivity contribution in [3.8, 4) is 0 Å². The lowest BCUT2D eigenvalue weighted by Crippen LogP contribution is -2.40. The largest absolute Gasteiger partial charge is 0.379 e. The Hall–Kier alpha value is -1.49. The summed E-state index contributed by atoms with van der Waals surface area (Å²) in [6.07, 6.45) is 4.11. The van der Waals surface area contributed by atoms with Gasteiger partial charge in [-0.3, -0.25) is 4.99 Å². The Morgan fingerprint density at radius 3 is 2.53 bits per heavy atom. The number of hydrogen-bond acceptors (Lipinski definition) is 2. The predicted octanol–water partition coefficient (Wildman–Crippen LogP) is 1.33. The molecular weight excluding hydrogens is 240 g/mol. The van der Waals surface area contributed by atoms with Gasteiger partial charge in [-0.05, 0) is 18.1 Å². The number of ether oxygens (including phenoxy) is 1. The monoisotopic (exact) mass is 266 g/mol. The van der Waals surface area contributed by atoms with Crippen LogP contribution >= 0.6 is 0 Å². The summed E-state index contributed by atoms with van der Waals surface area (Å²) < 4.78 is 7.63. The molecule has 0 aliphatic carbocycles. The second-order valence-electron chi connectivity index (χ2n) is 4.82. The zero-order valence-electron chi connectivity index (χ0n) is 12.2. The summed E-state index contributed by atoms with van der Waals surface area (Å²) in [7, 11) is 1.78. The molecule has 0 aliphatic rings. The standard InChI is InChI=1S/C14H26N4O/c1-13(2)12-19-11-7-17-14(15-3)16-6-10-18-8-4-5-9-18/h4-5,8-9,13H,6-7,10-12H2,1-3H3,(H2,15,16,17). The number of rotatable bonds is 8. The molecule has 1 aromatic rings. The Morgan fingerprint density at radius 1 is 1.21 bits per heavy atom. The molecule has 0 spiro atoms. The van der Waals surface area contributed by atoms with E-state index in [9.17, 15) is 0 Å². The van der Waals surface area contributed by atoms with Crippen LogP contribution in [0.25, 0.3) is 0 Å². The van der Waals surface area contributed by atoms with Crippen molar-refractivity contribution in [1.29, 1.82) is 0 Å². The topological polar surface area (TPSA) is 50.6 Å². The molecule has 1 aromatic heterocycles. The predicted molar refractivity (Wildman–Crippen MR) is 79.5 cm³/mol. The normalized spacial score (nSPS) is 11.9. The average molecular weight is 266 g/mol. The molecule has 5 heteroatoms. The van der Waals surface area contributed by atoms with Gasteiger partial charge in [0.25, 0.3) is 0 Å². The highest BCUT2D eigenvalue weighted by molar-refractivity contribution is 5.79. The van der Waals surface area contributed by atoms with Crippen molar-refractivity contribution in [2.75, 3.05) is 33.4 Å². The first-order valence-electron chi connectivity index (χ1n) is 6.85. The molecule has 0 saturated heterocycles. The zero-order chi connectivity index (χ0) is 13.9. The van der Waals surface area contributed by atoms with Gasteiger partial charge < -0.3 is 19.9 Å². The van der Waals surface area contributed by atoms with Crippen LogP contribution in [-0.2, 0) is 11.3 Å². The van der Waals surface area contributed by atoms with Crippen LogP contribution in [0.4, 0.5) is 0 Å². The fraction of sp³-hybridized carbons (Fsp3) is 0.643. The smallest absolute Gasteiger partial charge is 0.191 e. The highest BCUT2D eigenvalue weighted by atomic mass is 16.5. The van der Waals surface area contributed by atoms with Crippen LogP contribution in [0.3, 0.4) is 0 Å². The number of aromatic nitrogens is 1. The van der Waals surface area contributed by atoms with Crippen molar-refractivity contribution in [2.24, 2.45) is 10.9 Å². The van der Waals surface area contributed by atoms with E-state index in [1.54, 1.807) is 7.05 Å². The Labute approximate surface area is 116 Å². The fourth-order valence-corrected chi connectivity index (χ4v) is 1.60. The third-order valence-electron chi connectivity index (χ3n) is 2.54. The molecule has 2 N–H and O–H groups in total. The van der Waals surface area contributed by atoms with Crippen LogP contribution in [0.2, 0.25) is 0 Å². The second-order valence-corrected chi connectivity index (χ2v) is 4.82. The summed E-state index contributed by atoms with van der Waals surface area (Å²) in [6.45, 7) is 8.36. The number of aliphatic imine (C=N–C) groups is 1. The summed E-state index contributed by atoms with van der Waals surface area (Å²) >= 11 is 0. The van der Waals surface area contributed by atoms with Crippen molar-refractivity contribution < 1.29 is 4.74 Å². The van der Waals surface area contributed by atoms with Crippen molar-refractivity contribution in [2.45, 2.75) is 20.4 Å². The Balaban J connectivity index is 2.06. The molecule has 0 amide bonds. The number of guanidine groups is 1. The van der Waals surface area contributed by atoms with E-state index in [1.807, 2.05) is 12.1 Å². The molecule has 0 unspecified atom stereocenters. The molecule has 0 fully saturated rings. The van der Waals surface area contributed by atoms with Gasteiger partial charge in [-0.1, -0.05) is 13.8 Å². The minimum atomic E-state index is 0.582. The summed E-state index contributed by atoms with van der Waals surface area (Å²) in [5.41, 5.74) is 0. The lowest BCUT2D eigenvalue weighted by Gasteiger charge is -2.13. The van der Waals surface area contributed by atoms with Gasteiger partial charge in [-0.25, -0.2) is 0 Å². The van der Waals surface area contributed by atoms with E-state index in [0.29, 0.717) is 12.5 Å². The van der Waals surface area contributed by atoms with Gasteiger partial charge in [0.2, 0.25) is 0 Å². The first-order chi connectivity index (χ1) is 9.22. The highest BCUT2D eigenvalue weighted by Gasteiger charge is 1.97. The third kappa shape index (κ3) is 7.51. The molecule has 108 valence electrons. The molecule has 0 atom stereocenters. The average Bonchev–Trinajstić information content (AvgIpc) is 2.89. The minimum Gasteiger partial charge on any atom is -0.379 e. The molecule has 0 radical (unpaired) electrons. The molecule has 1 rings (SSSR count). The van der Waals surface area contributed by atoms with Crippen LogP contribution in [0.15, 0.2) is 29.5 Å². The van der Waals surface area contributed by atoms with E-state index in [-0.39, 0.29) is 0 Å². The van der Waals surface area contributed by atoms with Crippen molar-refractivity contribution in [3.63, 3.8) is 0 Å². The van der Waals surface area contributed by atoms with E-state index in [4.69, 9.17) is 4.74 Å². The Bertz CT molecular complexity index is 346. The molecule has 0 saturated carbocycles. The molecular formula is C14H26N4O. The molecule has 1 heterocycles. The van der Waals surface area contributed by atoms with Crippen LogP contribution < -0.4 is 10.6 Å². The minimum absolute atomic E-state index is 0.582. The maximum Gasteiger partial charge on any atom is 0.191 e. The van der Waals surface area contributed by atoms with Gasteiger partial charge in [-0.2, -0.15) is 0 Å². The van der Waals surface area contributed by atoms with Crippen molar-refractivity contribution in [3.05, 3.63) is 24.5 Å². The molecule has 0 aromatic carbocycles. The lowest BCUT2D eigenvalue weighted by atomic mass is 10.2. The van der Waals surface area contributed by atoms with Crippen molar-refractivity contribution >= 4 is 5.96 Å². The first-order valence-corrected chi connectivity index (χ1v) is 6.85. The molecule has 19 heavy (non-hydrogen) atoms. The van der Waals surface area contributed by atoms with Crippen LogP contribution in [-0.4, -0.2) is 43.9 Å². The number of hydrogen-bond donors (Lipinski definition) is 2. The maximum absolute atomic E-state index is 5.50. The van der Waals surface area contributed by atoms with E-state index in [0.717, 1.165) is 32.2 Å². The SMILES string of the molecule is CN=C(NCCOCC(C)C)NCCn1cccc1. The maximum atomic E-state index is 5.50. The van der Waals surface area contributed by atoms with Gasteiger partial charge in [0.1, 0.15) is 0 Å². The first kappa shape index (κ1) is 15.6. The van der Waals surface area contributed by atoms with Crippen LogP contribution in [0.5, 0.6) is 0 Å². The summed E-state index contributed by atoms with van der Waals surface area (Å²) in [6, 6.07) is 4.05. The summed E-state index contributed by atoms with van der Waals surface area (Å²) in [5, 5.41) is 6.50. The van der Waals surface area contributed by atoms with Gasteiger partial charge in [-0.15, -0.1) is 0 Å². The fourth-order valence-electron chi connectivity index (χ4n) is 1.60. The van der Waals surface area contributed by atoms with Gasteiger partial charge in [0.15, 0.2) is 5.96 Å². The van der Waals surface area contributed by atoms with E-state index in [2.05, 4.69) is 46.4 Å². The van der Waals surface area contributed by atoms with Crippen LogP contribution in [0.1, 0.15) is 13.8 Å². The van der Waals surface area contributed by atoms with E-state index in [1.165, 1.54) is 0 Å². The third-order valence-corrected chi connectivity index (χ3v) is 2.54.